The second kappa shape index (κ2) is 7.88. The second-order valence-electron chi connectivity index (χ2n) is 4.10. The SMILES string of the molecule is CCCCOCCNCc1cc(C#N)n(C)c1. The molecule has 1 rings (SSSR count). The molecule has 0 saturated heterocycles. The number of hydrogen-bond donors (Lipinski definition) is 1. The van der Waals surface area contributed by atoms with Gasteiger partial charge >= 0.3 is 0 Å². The molecular formula is C13H21N3O. The van der Waals surface area contributed by atoms with E-state index in [-0.39, 0.29) is 0 Å². The van der Waals surface area contributed by atoms with Crippen molar-refractivity contribution in [2.75, 3.05) is 19.8 Å². The third kappa shape index (κ3) is 5.03. The smallest absolute Gasteiger partial charge is 0.120 e. The lowest BCUT2D eigenvalue weighted by Crippen LogP contribution is -2.19. The fraction of sp³-hybridized carbons (Fsp3) is 0.615. The van der Waals surface area contributed by atoms with Crippen molar-refractivity contribution in [3.05, 3.63) is 23.5 Å². The van der Waals surface area contributed by atoms with Crippen LogP contribution in [0.3, 0.4) is 0 Å². The minimum absolute atomic E-state index is 0.695. The average molecular weight is 235 g/mol. The summed E-state index contributed by atoms with van der Waals surface area (Å²) in [4.78, 5) is 0. The molecule has 4 nitrogen and oxygen atoms in total. The van der Waals surface area contributed by atoms with Gasteiger partial charge in [-0.3, -0.25) is 0 Å². The number of aryl methyl sites for hydroxylation is 1. The van der Waals surface area contributed by atoms with Crippen LogP contribution in [-0.2, 0) is 18.3 Å². The molecule has 0 aromatic carbocycles. The zero-order valence-corrected chi connectivity index (χ0v) is 10.7. The van der Waals surface area contributed by atoms with E-state index in [0.717, 1.165) is 38.3 Å². The fourth-order valence-corrected chi connectivity index (χ4v) is 1.57. The van der Waals surface area contributed by atoms with Crippen molar-refractivity contribution in [3.63, 3.8) is 0 Å². The number of nitrogens with zero attached hydrogens (tertiary/aromatic N) is 2. The Morgan fingerprint density at radius 1 is 1.47 bits per heavy atom. The average Bonchev–Trinajstić information content (AvgIpc) is 2.68. The molecule has 0 aliphatic heterocycles. The Bertz CT molecular complexity index is 365. The van der Waals surface area contributed by atoms with Crippen molar-refractivity contribution in [2.45, 2.75) is 26.3 Å². The van der Waals surface area contributed by atoms with E-state index in [2.05, 4.69) is 18.3 Å². The van der Waals surface area contributed by atoms with Crippen LogP contribution in [0.2, 0.25) is 0 Å². The molecule has 1 heterocycles. The molecule has 0 amide bonds. The van der Waals surface area contributed by atoms with Gasteiger partial charge in [-0.25, -0.2) is 0 Å². The van der Waals surface area contributed by atoms with Crippen LogP contribution in [0.5, 0.6) is 0 Å². The predicted octanol–water partition coefficient (Wildman–Crippen LogP) is 1.80. The minimum atomic E-state index is 0.695. The summed E-state index contributed by atoms with van der Waals surface area (Å²) in [5.74, 6) is 0. The maximum atomic E-state index is 8.81. The van der Waals surface area contributed by atoms with Crippen molar-refractivity contribution in [3.8, 4) is 6.07 Å². The van der Waals surface area contributed by atoms with Gasteiger partial charge in [0.25, 0.3) is 0 Å². The van der Waals surface area contributed by atoms with Crippen molar-refractivity contribution < 1.29 is 4.74 Å². The molecule has 94 valence electrons. The van der Waals surface area contributed by atoms with Crippen LogP contribution in [0.15, 0.2) is 12.3 Å². The molecule has 0 radical (unpaired) electrons. The van der Waals surface area contributed by atoms with E-state index >= 15 is 0 Å². The van der Waals surface area contributed by atoms with Crippen LogP contribution in [0.4, 0.5) is 0 Å². The van der Waals surface area contributed by atoms with Crippen LogP contribution >= 0.6 is 0 Å². The molecule has 0 bridgehead atoms. The predicted molar refractivity (Wildman–Crippen MR) is 67.6 cm³/mol. The zero-order valence-electron chi connectivity index (χ0n) is 10.7. The van der Waals surface area contributed by atoms with Crippen molar-refractivity contribution in [1.82, 2.24) is 9.88 Å². The number of aromatic nitrogens is 1. The Kier molecular flexibility index (Phi) is 6.38. The highest BCUT2D eigenvalue weighted by Crippen LogP contribution is 2.05. The zero-order chi connectivity index (χ0) is 12.5. The number of nitrogens with one attached hydrogen (secondary N) is 1. The van der Waals surface area contributed by atoms with Gasteiger partial charge in [-0.05, 0) is 18.1 Å². The number of rotatable bonds is 8. The molecule has 0 spiro atoms. The molecule has 4 heteroatoms. The number of unbranched alkanes of at least 4 members (excludes halogenated alkanes) is 1. The Labute approximate surface area is 103 Å². The van der Waals surface area contributed by atoms with E-state index in [9.17, 15) is 0 Å². The van der Waals surface area contributed by atoms with E-state index in [1.807, 2.05) is 23.9 Å². The largest absolute Gasteiger partial charge is 0.380 e. The normalized spacial score (nSPS) is 10.4. The number of hydrogen-bond acceptors (Lipinski definition) is 3. The highest BCUT2D eigenvalue weighted by molar-refractivity contribution is 5.28. The van der Waals surface area contributed by atoms with E-state index in [1.165, 1.54) is 6.42 Å². The van der Waals surface area contributed by atoms with E-state index < -0.39 is 0 Å². The summed E-state index contributed by atoms with van der Waals surface area (Å²) in [6, 6.07) is 4.06. The summed E-state index contributed by atoms with van der Waals surface area (Å²) >= 11 is 0. The van der Waals surface area contributed by atoms with E-state index in [0.29, 0.717) is 5.69 Å². The van der Waals surface area contributed by atoms with Crippen LogP contribution in [0.25, 0.3) is 0 Å². The lowest BCUT2D eigenvalue weighted by atomic mass is 10.3. The molecule has 1 aromatic rings. The monoisotopic (exact) mass is 235 g/mol. The molecule has 1 N–H and O–H groups in total. The first-order valence-electron chi connectivity index (χ1n) is 6.11. The molecule has 17 heavy (non-hydrogen) atoms. The molecule has 0 unspecified atom stereocenters. The lowest BCUT2D eigenvalue weighted by Gasteiger charge is -2.04. The van der Waals surface area contributed by atoms with Gasteiger partial charge in [-0.2, -0.15) is 5.26 Å². The highest BCUT2D eigenvalue weighted by Gasteiger charge is 2.01. The summed E-state index contributed by atoms with van der Waals surface area (Å²) < 4.78 is 7.28. The summed E-state index contributed by atoms with van der Waals surface area (Å²) in [5, 5.41) is 12.1. The Morgan fingerprint density at radius 3 is 2.94 bits per heavy atom. The van der Waals surface area contributed by atoms with E-state index in [4.69, 9.17) is 10.00 Å². The van der Waals surface area contributed by atoms with Crippen molar-refractivity contribution in [2.24, 2.45) is 7.05 Å². The molecule has 0 saturated carbocycles. The molecular weight excluding hydrogens is 214 g/mol. The molecule has 0 aliphatic rings. The van der Waals surface area contributed by atoms with Crippen LogP contribution < -0.4 is 5.32 Å². The quantitative estimate of drug-likeness (QED) is 0.699. The van der Waals surface area contributed by atoms with Gasteiger partial charge in [-0.1, -0.05) is 13.3 Å². The summed E-state index contributed by atoms with van der Waals surface area (Å²) in [5.41, 5.74) is 1.83. The van der Waals surface area contributed by atoms with E-state index in [1.54, 1.807) is 0 Å². The number of ether oxygens (including phenoxy) is 1. The standard InChI is InChI=1S/C13H21N3O/c1-3-4-6-17-7-5-15-10-12-8-13(9-14)16(2)11-12/h8,11,15H,3-7,10H2,1-2H3. The lowest BCUT2D eigenvalue weighted by molar-refractivity contribution is 0.133. The summed E-state index contributed by atoms with van der Waals surface area (Å²) in [6.45, 7) is 5.39. The highest BCUT2D eigenvalue weighted by atomic mass is 16.5. The Morgan fingerprint density at radius 2 is 2.29 bits per heavy atom. The molecule has 1 aromatic heterocycles. The van der Waals surface area contributed by atoms with Crippen molar-refractivity contribution >= 4 is 0 Å². The third-order valence-corrected chi connectivity index (χ3v) is 2.57. The first-order chi connectivity index (χ1) is 8.27. The van der Waals surface area contributed by atoms with Crippen LogP contribution in [-0.4, -0.2) is 24.3 Å². The Hall–Kier alpha value is -1.31. The van der Waals surface area contributed by atoms with Gasteiger partial charge in [0.1, 0.15) is 11.8 Å². The molecule has 0 aliphatic carbocycles. The molecule has 0 fully saturated rings. The van der Waals surface area contributed by atoms with Gasteiger partial charge < -0.3 is 14.6 Å². The first kappa shape index (κ1) is 13.8. The van der Waals surface area contributed by atoms with Crippen LogP contribution in [0.1, 0.15) is 31.0 Å². The van der Waals surface area contributed by atoms with Gasteiger partial charge in [0, 0.05) is 32.9 Å². The fourth-order valence-electron chi connectivity index (χ4n) is 1.57. The topological polar surface area (TPSA) is 50.0 Å². The minimum Gasteiger partial charge on any atom is -0.380 e. The maximum absolute atomic E-state index is 8.81. The van der Waals surface area contributed by atoms with Crippen molar-refractivity contribution in [1.29, 1.82) is 5.26 Å². The third-order valence-electron chi connectivity index (χ3n) is 2.57. The molecule has 0 atom stereocenters. The van der Waals surface area contributed by atoms with Gasteiger partial charge in [0.2, 0.25) is 0 Å². The Balaban J connectivity index is 2.12. The summed E-state index contributed by atoms with van der Waals surface area (Å²) in [7, 11) is 1.88. The second-order valence-corrected chi connectivity index (χ2v) is 4.10. The van der Waals surface area contributed by atoms with Gasteiger partial charge in [-0.15, -0.1) is 0 Å². The van der Waals surface area contributed by atoms with Crippen LogP contribution in [0, 0.1) is 11.3 Å². The van der Waals surface area contributed by atoms with Gasteiger partial charge in [0.15, 0.2) is 0 Å². The summed E-state index contributed by atoms with van der Waals surface area (Å²) in [6.07, 6.45) is 4.28. The maximum Gasteiger partial charge on any atom is 0.120 e. The van der Waals surface area contributed by atoms with Gasteiger partial charge in [0.05, 0.1) is 6.61 Å². The first-order valence-corrected chi connectivity index (χ1v) is 6.11. The number of nitriles is 1.